The molecule has 0 saturated carbocycles. The van der Waals surface area contributed by atoms with Gasteiger partial charge in [-0.05, 0) is 0 Å². The van der Waals surface area contributed by atoms with Gasteiger partial charge < -0.3 is 19.2 Å². The first-order valence-corrected chi connectivity index (χ1v) is 4.35. The number of amides is 1. The molecule has 0 aliphatic heterocycles. The highest BCUT2D eigenvalue weighted by atomic mass is 16.5. The molecular formula is C9H16N2O3. The van der Waals surface area contributed by atoms with E-state index in [4.69, 9.17) is 16.0 Å². The van der Waals surface area contributed by atoms with Crippen molar-refractivity contribution in [3.05, 3.63) is 11.4 Å². The predicted molar refractivity (Wildman–Crippen MR) is 51.8 cm³/mol. The molecule has 0 aromatic heterocycles. The van der Waals surface area contributed by atoms with Gasteiger partial charge in [-0.1, -0.05) is 0 Å². The summed E-state index contributed by atoms with van der Waals surface area (Å²) in [4.78, 5) is 16.0. The lowest BCUT2D eigenvalue weighted by atomic mass is 10.4. The van der Waals surface area contributed by atoms with E-state index in [9.17, 15) is 4.79 Å². The summed E-state index contributed by atoms with van der Waals surface area (Å²) in [5.41, 5.74) is 0. The van der Waals surface area contributed by atoms with E-state index in [1.807, 2.05) is 0 Å². The molecule has 0 aliphatic rings. The molecule has 1 amide bonds. The van der Waals surface area contributed by atoms with Gasteiger partial charge in [0, 0.05) is 27.3 Å². The van der Waals surface area contributed by atoms with Crippen LogP contribution in [0.1, 0.15) is 0 Å². The molecule has 0 aliphatic carbocycles. The van der Waals surface area contributed by atoms with E-state index in [1.54, 1.807) is 19.1 Å². The summed E-state index contributed by atoms with van der Waals surface area (Å²) in [5.74, 6) is -0.172. The van der Waals surface area contributed by atoms with E-state index >= 15 is 0 Å². The highest BCUT2D eigenvalue weighted by Crippen LogP contribution is 1.91. The van der Waals surface area contributed by atoms with Crippen LogP contribution < -0.4 is 0 Å². The van der Waals surface area contributed by atoms with Crippen LogP contribution in [0.4, 0.5) is 0 Å². The van der Waals surface area contributed by atoms with Gasteiger partial charge in [0.25, 0.3) is 6.54 Å². The molecule has 14 heavy (non-hydrogen) atoms. The van der Waals surface area contributed by atoms with E-state index in [0.717, 1.165) is 0 Å². The van der Waals surface area contributed by atoms with Crippen molar-refractivity contribution in [1.29, 1.82) is 0 Å². The van der Waals surface area contributed by atoms with Crippen molar-refractivity contribution < 1.29 is 14.3 Å². The Morgan fingerprint density at radius 3 is 2.14 bits per heavy atom. The zero-order chi connectivity index (χ0) is 10.8. The summed E-state index contributed by atoms with van der Waals surface area (Å²) in [6, 6.07) is 0. The Bertz CT molecular complexity index is 193. The van der Waals surface area contributed by atoms with Crippen molar-refractivity contribution in [3.8, 4) is 0 Å². The smallest absolute Gasteiger partial charge is 0.302 e. The van der Waals surface area contributed by atoms with Crippen molar-refractivity contribution in [2.24, 2.45) is 0 Å². The molecule has 0 bridgehead atoms. The Hall–Kier alpha value is -1.12. The molecule has 0 atom stereocenters. The first-order chi connectivity index (χ1) is 6.76. The first-order valence-electron chi connectivity index (χ1n) is 4.35. The average molecular weight is 200 g/mol. The van der Waals surface area contributed by atoms with Gasteiger partial charge in [0.1, 0.15) is 0 Å². The highest BCUT2D eigenvalue weighted by Gasteiger charge is 2.14. The van der Waals surface area contributed by atoms with Crippen LogP contribution in [-0.4, -0.2) is 57.9 Å². The summed E-state index contributed by atoms with van der Waals surface area (Å²) in [6.45, 7) is 8.47. The van der Waals surface area contributed by atoms with Gasteiger partial charge in [-0.15, -0.1) is 0 Å². The minimum atomic E-state index is -0.172. The quantitative estimate of drug-likeness (QED) is 0.544. The molecule has 0 rings (SSSR count). The largest absolute Gasteiger partial charge is 0.383 e. The van der Waals surface area contributed by atoms with Crippen LogP contribution in [0.3, 0.4) is 0 Å². The Morgan fingerprint density at radius 1 is 1.29 bits per heavy atom. The van der Waals surface area contributed by atoms with E-state index in [0.29, 0.717) is 26.3 Å². The van der Waals surface area contributed by atoms with Gasteiger partial charge in [-0.3, -0.25) is 4.79 Å². The normalized spacial score (nSPS) is 9.50. The molecule has 0 heterocycles. The molecule has 0 radical (unpaired) electrons. The average Bonchev–Trinajstić information content (AvgIpc) is 2.18. The number of rotatable bonds is 7. The zero-order valence-corrected chi connectivity index (χ0v) is 8.65. The van der Waals surface area contributed by atoms with Crippen molar-refractivity contribution in [2.75, 3.05) is 47.1 Å². The monoisotopic (exact) mass is 200 g/mol. The number of nitrogens with zero attached hydrogens (tertiary/aromatic N) is 2. The van der Waals surface area contributed by atoms with Crippen molar-refractivity contribution >= 4 is 5.91 Å². The molecule has 0 spiro atoms. The summed E-state index contributed by atoms with van der Waals surface area (Å²) >= 11 is 0. The lowest BCUT2D eigenvalue weighted by molar-refractivity contribution is -0.130. The molecule has 0 fully saturated rings. The number of hydrogen-bond donors (Lipinski definition) is 0. The number of methoxy groups -OCH3 is 2. The van der Waals surface area contributed by atoms with Crippen molar-refractivity contribution in [2.45, 2.75) is 0 Å². The number of carbonyl (C=O) groups excluding carboxylic acids is 1. The van der Waals surface area contributed by atoms with E-state index in [2.05, 4.69) is 4.85 Å². The fourth-order valence-electron chi connectivity index (χ4n) is 0.932. The maximum atomic E-state index is 11.4. The molecule has 80 valence electrons. The number of hydrogen-bond acceptors (Lipinski definition) is 3. The summed E-state index contributed by atoms with van der Waals surface area (Å²) in [5, 5.41) is 0. The maximum Gasteiger partial charge on any atom is 0.302 e. The molecule has 5 nitrogen and oxygen atoms in total. The fraction of sp³-hybridized carbons (Fsp3) is 0.778. The Kier molecular flexibility index (Phi) is 7.80. The SMILES string of the molecule is [C-]#[N+]CC(=O)N(CCOC)CCOC. The van der Waals surface area contributed by atoms with Crippen LogP contribution in [0, 0.1) is 6.57 Å². The zero-order valence-electron chi connectivity index (χ0n) is 8.65. The fourth-order valence-corrected chi connectivity index (χ4v) is 0.932. The van der Waals surface area contributed by atoms with Crippen LogP contribution >= 0.6 is 0 Å². The number of ether oxygens (including phenoxy) is 2. The third-order valence-corrected chi connectivity index (χ3v) is 1.70. The van der Waals surface area contributed by atoms with Gasteiger partial charge in [0.2, 0.25) is 0 Å². The standard InChI is InChI=1S/C9H16N2O3/c1-10-8-9(12)11(4-6-13-2)5-7-14-3/h4-8H2,2-3H3. The minimum absolute atomic E-state index is 0.104. The molecular weight excluding hydrogens is 184 g/mol. The van der Waals surface area contributed by atoms with Crippen LogP contribution in [0.25, 0.3) is 4.85 Å². The third kappa shape index (κ3) is 5.51. The topological polar surface area (TPSA) is 43.1 Å². The molecule has 0 aromatic carbocycles. The van der Waals surface area contributed by atoms with Crippen LogP contribution in [0.15, 0.2) is 0 Å². The highest BCUT2D eigenvalue weighted by molar-refractivity contribution is 5.79. The van der Waals surface area contributed by atoms with Crippen LogP contribution in [0.5, 0.6) is 0 Å². The lowest BCUT2D eigenvalue weighted by Gasteiger charge is -2.19. The first kappa shape index (κ1) is 12.9. The van der Waals surface area contributed by atoms with Gasteiger partial charge in [-0.2, -0.15) is 0 Å². The molecule has 0 N–H and O–H groups in total. The molecule has 0 aromatic rings. The van der Waals surface area contributed by atoms with Gasteiger partial charge in [-0.25, -0.2) is 6.57 Å². The van der Waals surface area contributed by atoms with E-state index in [-0.39, 0.29) is 12.5 Å². The second kappa shape index (κ2) is 8.48. The van der Waals surface area contributed by atoms with Crippen LogP contribution in [-0.2, 0) is 14.3 Å². The van der Waals surface area contributed by atoms with E-state index < -0.39 is 0 Å². The third-order valence-electron chi connectivity index (χ3n) is 1.70. The predicted octanol–water partition coefficient (Wildman–Crippen LogP) is 0.0271. The lowest BCUT2D eigenvalue weighted by Crippen LogP contribution is -2.37. The van der Waals surface area contributed by atoms with Crippen LogP contribution in [0.2, 0.25) is 0 Å². The Balaban J connectivity index is 3.95. The van der Waals surface area contributed by atoms with Gasteiger partial charge >= 0.3 is 5.91 Å². The summed E-state index contributed by atoms with van der Waals surface area (Å²) in [6.07, 6.45) is 0. The van der Waals surface area contributed by atoms with E-state index in [1.165, 1.54) is 0 Å². The molecule has 5 heteroatoms. The molecule has 0 saturated heterocycles. The summed E-state index contributed by atoms with van der Waals surface area (Å²) in [7, 11) is 3.15. The maximum absolute atomic E-state index is 11.4. The molecule has 0 unspecified atom stereocenters. The second-order valence-corrected chi connectivity index (χ2v) is 2.68. The van der Waals surface area contributed by atoms with Gasteiger partial charge in [0.15, 0.2) is 0 Å². The Labute approximate surface area is 84.4 Å². The van der Waals surface area contributed by atoms with Crippen molar-refractivity contribution in [3.63, 3.8) is 0 Å². The Morgan fingerprint density at radius 2 is 1.79 bits per heavy atom. The van der Waals surface area contributed by atoms with Crippen molar-refractivity contribution in [1.82, 2.24) is 4.90 Å². The second-order valence-electron chi connectivity index (χ2n) is 2.68. The minimum Gasteiger partial charge on any atom is -0.383 e. The number of carbonyl (C=O) groups is 1. The van der Waals surface area contributed by atoms with Gasteiger partial charge in [0.05, 0.1) is 13.2 Å². The summed E-state index contributed by atoms with van der Waals surface area (Å²) < 4.78 is 9.74.